The van der Waals surface area contributed by atoms with Gasteiger partial charge in [0.15, 0.2) is 11.6 Å². The van der Waals surface area contributed by atoms with E-state index in [2.05, 4.69) is 29.4 Å². The van der Waals surface area contributed by atoms with Crippen LogP contribution in [0, 0.1) is 23.7 Å². The van der Waals surface area contributed by atoms with Gasteiger partial charge in [-0.15, -0.1) is 0 Å². The average molecular weight is 891 g/mol. The zero-order valence-corrected chi connectivity index (χ0v) is 32.6. The molecular formula is C40H40F10N6O6. The van der Waals surface area contributed by atoms with Crippen LogP contribution < -0.4 is 19.3 Å². The van der Waals surface area contributed by atoms with E-state index in [0.717, 1.165) is 0 Å². The number of Topliss-reactive ketones (excluding diaryl/α,β-unsaturated/α-hetero) is 2. The number of aliphatic hydroxyl groups excluding tert-OH is 2. The molecule has 0 bridgehead atoms. The van der Waals surface area contributed by atoms with Crippen LogP contribution in [0.3, 0.4) is 0 Å². The van der Waals surface area contributed by atoms with Crippen LogP contribution in [0.15, 0.2) is 68.9 Å². The highest BCUT2D eigenvalue weighted by Crippen LogP contribution is 2.47. The Balaban J connectivity index is 0.000000186. The largest absolute Gasteiger partial charge is 0.433 e. The average Bonchev–Trinajstić information content (AvgIpc) is 3.82. The number of hydrogen-bond acceptors (Lipinski definition) is 12. The Morgan fingerprint density at radius 1 is 0.597 bits per heavy atom. The third-order valence-electron chi connectivity index (χ3n) is 11.9. The molecule has 2 aromatic heterocycles. The number of carbonyl (C=O) groups excluding carboxylic acids is 2. The van der Waals surface area contributed by atoms with Gasteiger partial charge in [0.05, 0.1) is 25.5 Å². The third-order valence-corrected chi connectivity index (χ3v) is 11.9. The summed E-state index contributed by atoms with van der Waals surface area (Å²) in [6.07, 6.45) is -9.63. The van der Waals surface area contributed by atoms with E-state index in [9.17, 15) is 63.7 Å². The Hall–Kier alpha value is -5.12. The van der Waals surface area contributed by atoms with E-state index < -0.39 is 61.2 Å². The molecule has 4 aliphatic heterocycles. The van der Waals surface area contributed by atoms with Crippen molar-refractivity contribution < 1.29 is 73.2 Å². The molecule has 22 heteroatoms. The van der Waals surface area contributed by atoms with E-state index in [1.165, 1.54) is 24.5 Å². The molecule has 0 amide bonds. The number of alkyl halides is 10. The minimum Gasteiger partial charge on any atom is -0.433 e. The lowest BCUT2D eigenvalue weighted by Gasteiger charge is -2.36. The summed E-state index contributed by atoms with van der Waals surface area (Å²) in [4.78, 5) is 44.4. The van der Waals surface area contributed by atoms with Crippen molar-refractivity contribution in [1.29, 1.82) is 0 Å². The number of rotatable bonds is 8. The smallest absolute Gasteiger partial charge is 0.398 e. The number of nitrogens with zero attached hydrogens (tertiary/aromatic N) is 6. The molecule has 62 heavy (non-hydrogen) atoms. The monoisotopic (exact) mass is 890 g/mol. The van der Waals surface area contributed by atoms with Crippen molar-refractivity contribution in [2.75, 3.05) is 49.1 Å². The van der Waals surface area contributed by atoms with Crippen molar-refractivity contribution in [1.82, 2.24) is 9.97 Å². The summed E-state index contributed by atoms with van der Waals surface area (Å²) in [6, 6.07) is 5.86. The molecule has 0 unspecified atom stereocenters. The molecule has 0 radical (unpaired) electrons. The molecule has 4 atom stereocenters. The summed E-state index contributed by atoms with van der Waals surface area (Å²) in [5.74, 6) is -5.56. The fourth-order valence-electron chi connectivity index (χ4n) is 9.05. The number of halogens is 10. The maximum absolute atomic E-state index is 13.7. The first kappa shape index (κ1) is 44.9. The first-order valence-electron chi connectivity index (χ1n) is 19.7. The number of pyridine rings is 2. The second-order valence-electron chi connectivity index (χ2n) is 15.6. The SMILES string of the molecule is O=C1CC2=C(C(C3CCN(c4ccc(OC(F)F)cn4)CC3)=NC2)[C@@H](C(F)(F)F)[C@H]1O.O=C1CC2=C(C(C3CCN(c4ccc(OC(F)F)cn4)CC3)=NC2)[C@H](C(F)(F)F)[C@@H]1O. The highest BCUT2D eigenvalue weighted by Gasteiger charge is 2.56. The zero-order chi connectivity index (χ0) is 44.7. The first-order chi connectivity index (χ1) is 29.3. The molecule has 2 N–H and O–H groups in total. The maximum atomic E-state index is 13.7. The van der Waals surface area contributed by atoms with Crippen molar-refractivity contribution in [3.63, 3.8) is 0 Å². The summed E-state index contributed by atoms with van der Waals surface area (Å²) >= 11 is 0. The van der Waals surface area contributed by atoms with Gasteiger partial charge in [-0.1, -0.05) is 0 Å². The van der Waals surface area contributed by atoms with Gasteiger partial charge in [-0.05, 0) is 72.2 Å². The Labute approximate surface area is 347 Å². The number of piperidine rings is 2. The predicted octanol–water partition coefficient (Wildman–Crippen LogP) is 6.33. The molecule has 2 aliphatic carbocycles. The Morgan fingerprint density at radius 3 is 1.24 bits per heavy atom. The number of aliphatic imine (C=N–C) groups is 2. The van der Waals surface area contributed by atoms with E-state index in [0.29, 0.717) is 86.1 Å². The van der Waals surface area contributed by atoms with Crippen LogP contribution in [0.1, 0.15) is 38.5 Å². The summed E-state index contributed by atoms with van der Waals surface area (Å²) in [5, 5.41) is 19.9. The lowest BCUT2D eigenvalue weighted by atomic mass is 9.74. The third kappa shape index (κ3) is 9.59. The van der Waals surface area contributed by atoms with Crippen LogP contribution in [-0.4, -0.2) is 120 Å². The standard InChI is InChI=1S/2C20H20F5N3O3/c2*21-19(22)31-12-1-2-14(26-9-12)28-5-3-10(4-6-28)17-15-11(8-27-17)7-13(29)18(30)16(15)20(23,24)25/h2*1-2,9-10,16,18-19,30H,3-8H2/t2*16-,18+/m10/s1. The van der Waals surface area contributed by atoms with Gasteiger partial charge in [-0.2, -0.15) is 43.9 Å². The van der Waals surface area contributed by atoms with E-state index in [4.69, 9.17) is 0 Å². The zero-order valence-electron chi connectivity index (χ0n) is 32.6. The fourth-order valence-corrected chi connectivity index (χ4v) is 9.05. The molecule has 2 saturated heterocycles. The molecule has 336 valence electrons. The van der Waals surface area contributed by atoms with Crippen molar-refractivity contribution in [3.8, 4) is 11.5 Å². The molecule has 0 spiro atoms. The van der Waals surface area contributed by atoms with Gasteiger partial charge in [0, 0.05) is 62.3 Å². The van der Waals surface area contributed by atoms with Gasteiger partial charge >= 0.3 is 25.6 Å². The predicted molar refractivity (Wildman–Crippen MR) is 201 cm³/mol. The van der Waals surface area contributed by atoms with Crippen molar-refractivity contribution >= 4 is 34.6 Å². The van der Waals surface area contributed by atoms with E-state index in [-0.39, 0.29) is 60.4 Å². The molecule has 2 aromatic rings. The molecule has 0 aromatic carbocycles. The molecular weight excluding hydrogens is 850 g/mol. The maximum Gasteiger partial charge on any atom is 0.398 e. The number of hydrogen-bond donors (Lipinski definition) is 2. The number of ether oxygens (including phenoxy) is 2. The van der Waals surface area contributed by atoms with Gasteiger partial charge in [0.2, 0.25) is 0 Å². The number of aliphatic hydroxyl groups is 2. The first-order valence-corrected chi connectivity index (χ1v) is 19.7. The number of aromatic nitrogens is 2. The summed E-state index contributed by atoms with van der Waals surface area (Å²) in [7, 11) is 0. The molecule has 12 nitrogen and oxygen atoms in total. The number of anilines is 2. The normalized spacial score (nSPS) is 25.2. The van der Waals surface area contributed by atoms with Crippen molar-refractivity contribution in [3.05, 3.63) is 59.0 Å². The van der Waals surface area contributed by atoms with Gasteiger partial charge in [0.25, 0.3) is 0 Å². The molecule has 8 rings (SSSR count). The Morgan fingerprint density at radius 2 is 0.952 bits per heavy atom. The number of carbonyl (C=O) groups is 2. The fraction of sp³-hybridized carbons (Fsp3) is 0.550. The molecule has 6 aliphatic rings. The van der Waals surface area contributed by atoms with Crippen LogP contribution >= 0.6 is 0 Å². The second kappa shape index (κ2) is 17.9. The van der Waals surface area contributed by atoms with Crippen LogP contribution in [0.5, 0.6) is 11.5 Å². The minimum atomic E-state index is -4.74. The highest BCUT2D eigenvalue weighted by molar-refractivity contribution is 6.09. The summed E-state index contributed by atoms with van der Waals surface area (Å²) in [6.45, 7) is -3.79. The lowest BCUT2D eigenvalue weighted by molar-refractivity contribution is -0.191. The highest BCUT2D eigenvalue weighted by atomic mass is 19.4. The van der Waals surface area contributed by atoms with Gasteiger partial charge < -0.3 is 29.5 Å². The van der Waals surface area contributed by atoms with E-state index in [1.807, 2.05) is 9.80 Å². The van der Waals surface area contributed by atoms with Gasteiger partial charge in [-0.3, -0.25) is 19.6 Å². The van der Waals surface area contributed by atoms with Crippen LogP contribution in [0.25, 0.3) is 0 Å². The summed E-state index contributed by atoms with van der Waals surface area (Å²) < 4.78 is 140. The van der Waals surface area contributed by atoms with Gasteiger partial charge in [-0.25, -0.2) is 9.97 Å². The Kier molecular flexibility index (Phi) is 13.0. The number of ketones is 2. The van der Waals surface area contributed by atoms with Crippen molar-refractivity contribution in [2.45, 2.75) is 76.3 Å². The van der Waals surface area contributed by atoms with E-state index >= 15 is 0 Å². The minimum absolute atomic E-state index is 0.00956. The topological polar surface area (TPSA) is 150 Å². The second-order valence-corrected chi connectivity index (χ2v) is 15.6. The molecule has 0 saturated carbocycles. The quantitative estimate of drug-likeness (QED) is 0.288. The van der Waals surface area contributed by atoms with Crippen LogP contribution in [0.2, 0.25) is 0 Å². The molecule has 6 heterocycles. The van der Waals surface area contributed by atoms with Crippen LogP contribution in [0.4, 0.5) is 55.5 Å². The van der Waals surface area contributed by atoms with Gasteiger partial charge in [0.1, 0.15) is 47.2 Å². The molecule has 2 fully saturated rings. The lowest BCUT2D eigenvalue weighted by Crippen LogP contribution is -2.46. The van der Waals surface area contributed by atoms with Crippen molar-refractivity contribution in [2.24, 2.45) is 33.7 Å². The van der Waals surface area contributed by atoms with Crippen LogP contribution in [-0.2, 0) is 9.59 Å². The van der Waals surface area contributed by atoms with E-state index in [1.54, 1.807) is 12.1 Å². The summed E-state index contributed by atoms with van der Waals surface area (Å²) in [5.41, 5.74) is 1.38. The Bertz CT molecular complexity index is 1960.